The number of hydrogen-bond donors (Lipinski definition) is 9. The van der Waals surface area contributed by atoms with Crippen LogP contribution in [0.25, 0.3) is 0 Å². The lowest BCUT2D eigenvalue weighted by Gasteiger charge is -2.48. The zero-order valence-electron chi connectivity index (χ0n) is 19.5. The molecule has 0 aliphatic carbocycles. The van der Waals surface area contributed by atoms with E-state index in [-0.39, 0.29) is 0 Å². The number of aliphatic hydroxyl groups is 9. The van der Waals surface area contributed by atoms with Gasteiger partial charge in [0.2, 0.25) is 0 Å². The maximum atomic E-state index is 11.8. The second-order valence-corrected chi connectivity index (χ2v) is 8.90. The average Bonchev–Trinajstić information content (AvgIpc) is 2.83. The molecule has 3 rings (SSSR count). The van der Waals surface area contributed by atoms with E-state index in [1.807, 2.05) is 0 Å². The monoisotopic (exact) mass is 530 g/mol. The van der Waals surface area contributed by atoms with Gasteiger partial charge in [0.25, 0.3) is 0 Å². The topological polar surface area (TPSA) is 255 Å². The van der Waals surface area contributed by atoms with E-state index in [9.17, 15) is 50.8 Å². The van der Waals surface area contributed by atoms with E-state index >= 15 is 0 Å². The lowest BCUT2D eigenvalue weighted by molar-refractivity contribution is -0.377. The molecule has 0 aromatic rings. The maximum Gasteiger partial charge on any atom is 0.303 e. The molecule has 3 aliphatic rings. The number of ether oxygens (including phenoxy) is 6. The van der Waals surface area contributed by atoms with Crippen LogP contribution in [0.2, 0.25) is 0 Å². The lowest BCUT2D eigenvalue weighted by atomic mass is 9.96. The van der Waals surface area contributed by atoms with Gasteiger partial charge in [0, 0.05) is 6.92 Å². The first kappa shape index (κ1) is 29.5. The number of carbonyl (C=O) groups is 1. The smallest absolute Gasteiger partial charge is 0.303 e. The van der Waals surface area contributed by atoms with Crippen LogP contribution in [-0.2, 0) is 33.2 Å². The van der Waals surface area contributed by atoms with Crippen LogP contribution in [0.15, 0.2) is 0 Å². The summed E-state index contributed by atoms with van der Waals surface area (Å²) in [6, 6.07) is 0. The second-order valence-electron chi connectivity index (χ2n) is 8.90. The molecular formula is C20H34O16. The fraction of sp³-hybridized carbons (Fsp3) is 0.950. The van der Waals surface area contributed by atoms with Gasteiger partial charge in [-0.15, -0.1) is 0 Å². The van der Waals surface area contributed by atoms with Crippen molar-refractivity contribution in [3.8, 4) is 0 Å². The van der Waals surface area contributed by atoms with Gasteiger partial charge in [0.15, 0.2) is 25.0 Å². The summed E-state index contributed by atoms with van der Waals surface area (Å²) in [5, 5.41) is 90.9. The summed E-state index contributed by atoms with van der Waals surface area (Å²) in [5.41, 5.74) is 0. The van der Waals surface area contributed by atoms with E-state index in [4.69, 9.17) is 28.4 Å². The van der Waals surface area contributed by atoms with Gasteiger partial charge in [-0.2, -0.15) is 0 Å². The molecular weight excluding hydrogens is 496 g/mol. The Morgan fingerprint density at radius 1 is 0.667 bits per heavy atom. The van der Waals surface area contributed by atoms with Crippen molar-refractivity contribution in [2.24, 2.45) is 0 Å². The van der Waals surface area contributed by atoms with E-state index < -0.39 is 111 Å². The van der Waals surface area contributed by atoms with Crippen LogP contribution < -0.4 is 0 Å². The van der Waals surface area contributed by atoms with Crippen molar-refractivity contribution in [3.05, 3.63) is 0 Å². The summed E-state index contributed by atoms with van der Waals surface area (Å²) in [6.45, 7) is 0.851. The predicted molar refractivity (Wildman–Crippen MR) is 109 cm³/mol. The van der Waals surface area contributed by atoms with E-state index in [0.29, 0.717) is 0 Å². The molecule has 9 N–H and O–H groups in total. The largest absolute Gasteiger partial charge is 0.457 e. The summed E-state index contributed by atoms with van der Waals surface area (Å²) < 4.78 is 32.1. The summed E-state index contributed by atoms with van der Waals surface area (Å²) in [4.78, 5) is 11.8. The Labute approximate surface area is 205 Å². The molecule has 15 atom stereocenters. The molecule has 0 aromatic carbocycles. The lowest BCUT2D eigenvalue weighted by Crippen LogP contribution is -2.67. The van der Waals surface area contributed by atoms with Gasteiger partial charge in [-0.05, 0) is 6.92 Å². The number of esters is 1. The summed E-state index contributed by atoms with van der Waals surface area (Å²) in [6.07, 6.45) is -24.0. The van der Waals surface area contributed by atoms with Crippen LogP contribution in [0.3, 0.4) is 0 Å². The number of carbonyl (C=O) groups excluding carboxylic acids is 1. The molecule has 0 aromatic heterocycles. The minimum Gasteiger partial charge on any atom is -0.457 e. The first-order chi connectivity index (χ1) is 16.9. The van der Waals surface area contributed by atoms with Crippen LogP contribution in [0.4, 0.5) is 0 Å². The summed E-state index contributed by atoms with van der Waals surface area (Å²) >= 11 is 0. The molecule has 16 heteroatoms. The quantitative estimate of drug-likeness (QED) is 0.139. The van der Waals surface area contributed by atoms with Crippen molar-refractivity contribution in [1.29, 1.82) is 0 Å². The molecule has 0 radical (unpaired) electrons. The van der Waals surface area contributed by atoms with Crippen molar-refractivity contribution in [2.45, 2.75) is 106 Å². The molecule has 0 spiro atoms. The van der Waals surface area contributed by atoms with Gasteiger partial charge in [-0.25, -0.2) is 0 Å². The van der Waals surface area contributed by atoms with Gasteiger partial charge < -0.3 is 74.4 Å². The van der Waals surface area contributed by atoms with Crippen molar-refractivity contribution in [3.63, 3.8) is 0 Å². The fourth-order valence-electron chi connectivity index (χ4n) is 4.31. The summed E-state index contributed by atoms with van der Waals surface area (Å²) in [7, 11) is 0. The van der Waals surface area contributed by atoms with Crippen LogP contribution in [0, 0.1) is 0 Å². The van der Waals surface area contributed by atoms with Gasteiger partial charge in [-0.1, -0.05) is 0 Å². The van der Waals surface area contributed by atoms with Crippen molar-refractivity contribution < 1.29 is 79.2 Å². The van der Waals surface area contributed by atoms with Crippen LogP contribution in [-0.4, -0.2) is 157 Å². The Bertz CT molecular complexity index is 710. The highest BCUT2D eigenvalue weighted by Crippen LogP contribution is 2.33. The molecule has 3 fully saturated rings. The van der Waals surface area contributed by atoms with E-state index in [1.165, 1.54) is 6.92 Å². The summed E-state index contributed by atoms with van der Waals surface area (Å²) in [5.74, 6) is -0.894. The van der Waals surface area contributed by atoms with Gasteiger partial charge in [0.05, 0.1) is 19.3 Å². The van der Waals surface area contributed by atoms with E-state index in [0.717, 1.165) is 6.92 Å². The predicted octanol–water partition coefficient (Wildman–Crippen LogP) is -5.97. The molecule has 3 heterocycles. The Kier molecular flexibility index (Phi) is 9.97. The second kappa shape index (κ2) is 12.2. The minimum atomic E-state index is -1.86. The number of aliphatic hydroxyl groups excluding tert-OH is 9. The molecule has 36 heavy (non-hydrogen) atoms. The van der Waals surface area contributed by atoms with Crippen LogP contribution in [0.1, 0.15) is 13.8 Å². The highest BCUT2D eigenvalue weighted by molar-refractivity contribution is 5.66. The van der Waals surface area contributed by atoms with Crippen LogP contribution >= 0.6 is 0 Å². The van der Waals surface area contributed by atoms with Crippen molar-refractivity contribution >= 4 is 5.97 Å². The molecule has 0 amide bonds. The molecule has 0 bridgehead atoms. The first-order valence-corrected chi connectivity index (χ1v) is 11.3. The SMILES string of the molecule is CC(=O)OC1C(O)C(OC2C(O)C(C)OC(O)C2O)OC(CO)C1OC1OC(CO)C(O)C(O)C1O. The Morgan fingerprint density at radius 2 is 1.22 bits per heavy atom. The Morgan fingerprint density at radius 3 is 1.81 bits per heavy atom. The van der Waals surface area contributed by atoms with Crippen molar-refractivity contribution in [1.82, 2.24) is 0 Å². The van der Waals surface area contributed by atoms with Crippen molar-refractivity contribution in [2.75, 3.05) is 13.2 Å². The highest BCUT2D eigenvalue weighted by Gasteiger charge is 2.54. The number of rotatable bonds is 7. The molecule has 0 saturated carbocycles. The van der Waals surface area contributed by atoms with E-state index in [1.54, 1.807) is 0 Å². The van der Waals surface area contributed by atoms with Gasteiger partial charge >= 0.3 is 5.97 Å². The molecule has 3 aliphatic heterocycles. The van der Waals surface area contributed by atoms with E-state index in [2.05, 4.69) is 0 Å². The fourth-order valence-corrected chi connectivity index (χ4v) is 4.31. The third-order valence-electron chi connectivity index (χ3n) is 6.33. The third kappa shape index (κ3) is 5.97. The Balaban J connectivity index is 1.83. The highest BCUT2D eigenvalue weighted by atomic mass is 16.8. The van der Waals surface area contributed by atoms with Crippen LogP contribution in [0.5, 0.6) is 0 Å². The maximum absolute atomic E-state index is 11.8. The normalized spacial score (nSPS) is 50.0. The minimum absolute atomic E-state index is 0.749. The standard InChI is InChI=1S/C20H34O16/c1-5-9(24)16(13(28)18(30)31-5)36-20-14(29)17(32-6(2)23)15(8(4-22)34-20)35-19-12(27)11(26)10(25)7(3-21)33-19/h5,7-22,24-30H,3-4H2,1-2H3. The number of hydrogen-bond acceptors (Lipinski definition) is 16. The zero-order valence-corrected chi connectivity index (χ0v) is 19.5. The molecule has 16 nitrogen and oxygen atoms in total. The Hall–Kier alpha value is -1.09. The zero-order chi connectivity index (χ0) is 26.9. The molecule has 210 valence electrons. The molecule has 15 unspecified atom stereocenters. The average molecular weight is 530 g/mol. The third-order valence-corrected chi connectivity index (χ3v) is 6.33. The van der Waals surface area contributed by atoms with Gasteiger partial charge in [-0.3, -0.25) is 4.79 Å². The first-order valence-electron chi connectivity index (χ1n) is 11.3. The van der Waals surface area contributed by atoms with Gasteiger partial charge in [0.1, 0.15) is 61.0 Å². The molecule has 3 saturated heterocycles.